The lowest BCUT2D eigenvalue weighted by Gasteiger charge is -2.39. The number of rotatable bonds is 7. The highest BCUT2D eigenvalue weighted by atomic mass is 19.3. The molecule has 1 aliphatic rings. The van der Waals surface area contributed by atoms with Crippen molar-refractivity contribution in [3.05, 3.63) is 53.9 Å². The van der Waals surface area contributed by atoms with Crippen LogP contribution in [0, 0.1) is 10.8 Å². The highest BCUT2D eigenvalue weighted by Gasteiger charge is 2.44. The third kappa shape index (κ3) is 4.11. The maximum atomic E-state index is 13.1. The molecule has 140 valence electrons. The van der Waals surface area contributed by atoms with Crippen LogP contribution in [-0.2, 0) is 0 Å². The van der Waals surface area contributed by atoms with Gasteiger partial charge in [0, 0.05) is 60.5 Å². The lowest BCUT2D eigenvalue weighted by molar-refractivity contribution is -0.0266. The van der Waals surface area contributed by atoms with Crippen molar-refractivity contribution in [2.45, 2.75) is 5.92 Å². The Morgan fingerprint density at radius 3 is 2.63 bits per heavy atom. The minimum atomic E-state index is -2.66. The van der Waals surface area contributed by atoms with Crippen LogP contribution in [-0.4, -0.2) is 43.5 Å². The summed E-state index contributed by atoms with van der Waals surface area (Å²) in [6, 6.07) is 8.90. The first-order valence-electron chi connectivity index (χ1n) is 8.34. The summed E-state index contributed by atoms with van der Waals surface area (Å²) in [5.41, 5.74) is 3.53. The quantitative estimate of drug-likeness (QED) is 0.562. The molecule has 1 saturated heterocycles. The molecular formula is C19H20F2N6. The van der Waals surface area contributed by atoms with E-state index in [0.29, 0.717) is 28.3 Å². The molecule has 0 amide bonds. The van der Waals surface area contributed by atoms with Crippen LogP contribution < -0.4 is 15.5 Å². The van der Waals surface area contributed by atoms with E-state index in [1.807, 2.05) is 12.1 Å². The van der Waals surface area contributed by atoms with E-state index in [2.05, 4.69) is 15.6 Å². The molecule has 3 rings (SSSR count). The number of nitrogens with one attached hydrogen (secondary N) is 4. The van der Waals surface area contributed by atoms with Crippen LogP contribution in [0.25, 0.3) is 5.57 Å². The molecular weight excluding hydrogens is 350 g/mol. The van der Waals surface area contributed by atoms with Crippen molar-refractivity contribution in [1.29, 1.82) is 10.8 Å². The fourth-order valence-corrected chi connectivity index (χ4v) is 2.83. The van der Waals surface area contributed by atoms with Gasteiger partial charge in [-0.05, 0) is 17.7 Å². The molecule has 0 spiro atoms. The van der Waals surface area contributed by atoms with Crippen molar-refractivity contribution in [3.8, 4) is 0 Å². The number of allylic oxidation sites excluding steroid dienone is 1. The van der Waals surface area contributed by atoms with Crippen LogP contribution in [0.4, 0.5) is 26.0 Å². The molecule has 0 unspecified atom stereocenters. The summed E-state index contributed by atoms with van der Waals surface area (Å²) in [7, 11) is 1.76. The maximum absolute atomic E-state index is 13.1. The van der Waals surface area contributed by atoms with Crippen molar-refractivity contribution < 1.29 is 8.78 Å². The van der Waals surface area contributed by atoms with E-state index >= 15 is 0 Å². The number of anilines is 3. The molecule has 4 N–H and O–H groups in total. The average molecular weight is 370 g/mol. The standard InChI is InChI=1S/C19H20F2N6/c1-24-10-15(9-23)13-2-3-14(8-22)17(6-13)26-16-4-5-25-18(7-16)27-11-19(20,21)12-27/h2-10,22-24H,11-12H2,1H3,(H,25,26)/b15-10+,22-8?,23-9?. The Kier molecular flexibility index (Phi) is 5.16. The Labute approximate surface area is 155 Å². The molecule has 1 fully saturated rings. The number of pyridine rings is 1. The molecule has 1 aliphatic heterocycles. The van der Waals surface area contributed by atoms with Gasteiger partial charge in [0.15, 0.2) is 0 Å². The van der Waals surface area contributed by atoms with Crippen molar-refractivity contribution >= 4 is 35.2 Å². The zero-order valence-corrected chi connectivity index (χ0v) is 14.8. The van der Waals surface area contributed by atoms with E-state index in [0.717, 1.165) is 5.56 Å². The molecule has 2 aromatic rings. The van der Waals surface area contributed by atoms with Crippen LogP contribution in [0.15, 0.2) is 42.7 Å². The molecule has 0 bridgehead atoms. The first-order valence-corrected chi connectivity index (χ1v) is 8.34. The third-order valence-electron chi connectivity index (χ3n) is 4.19. The average Bonchev–Trinajstić information content (AvgIpc) is 2.64. The van der Waals surface area contributed by atoms with Gasteiger partial charge in [-0.2, -0.15) is 0 Å². The zero-order chi connectivity index (χ0) is 19.4. The molecule has 0 aliphatic carbocycles. The zero-order valence-electron chi connectivity index (χ0n) is 14.8. The minimum Gasteiger partial charge on any atom is -0.393 e. The van der Waals surface area contributed by atoms with Crippen LogP contribution in [0.5, 0.6) is 0 Å². The molecule has 0 radical (unpaired) electrons. The predicted molar refractivity (Wildman–Crippen MR) is 105 cm³/mol. The Bertz CT molecular complexity index is 886. The summed E-state index contributed by atoms with van der Waals surface area (Å²) < 4.78 is 26.2. The molecule has 27 heavy (non-hydrogen) atoms. The summed E-state index contributed by atoms with van der Waals surface area (Å²) in [6.07, 6.45) is 5.75. The molecule has 1 aromatic heterocycles. The fourth-order valence-electron chi connectivity index (χ4n) is 2.83. The minimum absolute atomic E-state index is 0.331. The summed E-state index contributed by atoms with van der Waals surface area (Å²) in [5.74, 6) is -2.18. The first kappa shape index (κ1) is 18.5. The number of hydrogen-bond donors (Lipinski definition) is 4. The fraction of sp³-hybridized carbons (Fsp3) is 0.211. The van der Waals surface area contributed by atoms with Gasteiger partial charge in [-0.15, -0.1) is 0 Å². The topological polar surface area (TPSA) is 87.9 Å². The van der Waals surface area contributed by atoms with Crippen LogP contribution >= 0.6 is 0 Å². The summed E-state index contributed by atoms with van der Waals surface area (Å²) in [4.78, 5) is 5.67. The van der Waals surface area contributed by atoms with Gasteiger partial charge >= 0.3 is 0 Å². The second-order valence-corrected chi connectivity index (χ2v) is 6.22. The Morgan fingerprint density at radius 1 is 1.22 bits per heavy atom. The molecule has 8 heteroatoms. The Hall–Kier alpha value is -3.29. The Morgan fingerprint density at radius 2 is 2.00 bits per heavy atom. The van der Waals surface area contributed by atoms with E-state index in [1.54, 1.807) is 37.6 Å². The number of halogens is 2. The molecule has 1 aromatic carbocycles. The largest absolute Gasteiger partial charge is 0.393 e. The second kappa shape index (κ2) is 7.53. The van der Waals surface area contributed by atoms with Crippen LogP contribution in [0.2, 0.25) is 0 Å². The van der Waals surface area contributed by atoms with E-state index in [4.69, 9.17) is 10.8 Å². The summed E-state index contributed by atoms with van der Waals surface area (Å²) in [6.45, 7) is -0.662. The summed E-state index contributed by atoms with van der Waals surface area (Å²) in [5, 5.41) is 21.3. The Balaban J connectivity index is 1.87. The smallest absolute Gasteiger partial charge is 0.282 e. The van der Waals surface area contributed by atoms with Crippen LogP contribution in [0.1, 0.15) is 11.1 Å². The molecule has 6 nitrogen and oxygen atoms in total. The number of aromatic nitrogens is 1. The SMILES string of the molecule is CN/C=C(\C=N)c1ccc(C=N)c(Nc2ccnc(N3CC(F)(F)C3)c2)c1. The summed E-state index contributed by atoms with van der Waals surface area (Å²) >= 11 is 0. The second-order valence-electron chi connectivity index (χ2n) is 6.22. The molecule has 0 atom stereocenters. The van der Waals surface area contributed by atoms with Crippen molar-refractivity contribution in [2.24, 2.45) is 0 Å². The van der Waals surface area contributed by atoms with Gasteiger partial charge in [0.1, 0.15) is 5.82 Å². The van der Waals surface area contributed by atoms with Crippen molar-refractivity contribution in [2.75, 3.05) is 30.4 Å². The lowest BCUT2D eigenvalue weighted by Crippen LogP contribution is -2.56. The van der Waals surface area contributed by atoms with E-state index in [-0.39, 0.29) is 13.1 Å². The van der Waals surface area contributed by atoms with Gasteiger partial charge < -0.3 is 26.4 Å². The molecule has 2 heterocycles. The van der Waals surface area contributed by atoms with Crippen LogP contribution in [0.3, 0.4) is 0 Å². The number of hydrogen-bond acceptors (Lipinski definition) is 6. The number of nitrogens with zero attached hydrogens (tertiary/aromatic N) is 2. The van der Waals surface area contributed by atoms with E-state index < -0.39 is 5.92 Å². The molecule has 0 saturated carbocycles. The lowest BCUT2D eigenvalue weighted by atomic mass is 10.0. The van der Waals surface area contributed by atoms with Crippen molar-refractivity contribution in [3.63, 3.8) is 0 Å². The van der Waals surface area contributed by atoms with Gasteiger partial charge in [-0.3, -0.25) is 0 Å². The van der Waals surface area contributed by atoms with Gasteiger partial charge in [-0.1, -0.05) is 12.1 Å². The number of benzene rings is 1. The van der Waals surface area contributed by atoms with E-state index in [1.165, 1.54) is 17.3 Å². The monoisotopic (exact) mass is 370 g/mol. The highest BCUT2D eigenvalue weighted by Crippen LogP contribution is 2.32. The predicted octanol–water partition coefficient (Wildman–Crippen LogP) is 3.49. The van der Waals surface area contributed by atoms with Crippen molar-refractivity contribution in [1.82, 2.24) is 10.3 Å². The van der Waals surface area contributed by atoms with Gasteiger partial charge in [0.2, 0.25) is 0 Å². The van der Waals surface area contributed by atoms with Gasteiger partial charge in [0.25, 0.3) is 5.92 Å². The third-order valence-corrected chi connectivity index (χ3v) is 4.19. The van der Waals surface area contributed by atoms with E-state index in [9.17, 15) is 8.78 Å². The highest BCUT2D eigenvalue weighted by molar-refractivity contribution is 6.09. The maximum Gasteiger partial charge on any atom is 0.282 e. The first-order chi connectivity index (χ1) is 13.0. The van der Waals surface area contributed by atoms with Gasteiger partial charge in [0.05, 0.1) is 13.1 Å². The van der Waals surface area contributed by atoms with Gasteiger partial charge in [-0.25, -0.2) is 13.8 Å². The normalized spacial score (nSPS) is 15.7. The number of alkyl halides is 2.